The summed E-state index contributed by atoms with van der Waals surface area (Å²) in [7, 11) is 1.32. The van der Waals surface area contributed by atoms with Gasteiger partial charge in [0.15, 0.2) is 0 Å². The molecule has 0 saturated carbocycles. The van der Waals surface area contributed by atoms with Gasteiger partial charge in [-0.05, 0) is 18.2 Å². The molecule has 1 amide bonds. The predicted octanol–water partition coefficient (Wildman–Crippen LogP) is 1.82. The number of benzene rings is 1. The molecule has 1 fully saturated rings. The highest BCUT2D eigenvalue weighted by atomic mass is 35.5. The first-order chi connectivity index (χ1) is 8.11. The van der Waals surface area contributed by atoms with E-state index in [1.807, 2.05) is 0 Å². The monoisotopic (exact) mass is 253 g/mol. The molecule has 17 heavy (non-hydrogen) atoms. The van der Waals surface area contributed by atoms with Gasteiger partial charge >= 0.3 is 5.97 Å². The van der Waals surface area contributed by atoms with Crippen LogP contribution in [0.3, 0.4) is 0 Å². The van der Waals surface area contributed by atoms with Crippen LogP contribution >= 0.6 is 11.6 Å². The van der Waals surface area contributed by atoms with Gasteiger partial charge in [0.2, 0.25) is 5.91 Å². The second-order valence-corrected chi connectivity index (χ2v) is 4.46. The van der Waals surface area contributed by atoms with Gasteiger partial charge in [0, 0.05) is 18.7 Å². The Morgan fingerprint density at radius 2 is 2.29 bits per heavy atom. The average molecular weight is 254 g/mol. The standard InChI is InChI=1S/C12H12ClNO3/c1-17-12(16)8-3-2-4-10(5-8)14-7-9(13)6-11(14)15/h2-5,9H,6-7H2,1H3. The molecule has 0 radical (unpaired) electrons. The number of hydrogen-bond donors (Lipinski definition) is 0. The van der Waals surface area contributed by atoms with Crippen LogP contribution in [0.4, 0.5) is 5.69 Å². The molecule has 2 rings (SSSR count). The molecule has 1 aromatic carbocycles. The van der Waals surface area contributed by atoms with Crippen molar-refractivity contribution < 1.29 is 14.3 Å². The maximum Gasteiger partial charge on any atom is 0.337 e. The first kappa shape index (κ1) is 11.9. The summed E-state index contributed by atoms with van der Waals surface area (Å²) >= 11 is 5.93. The third-order valence-corrected chi connectivity index (χ3v) is 2.95. The van der Waals surface area contributed by atoms with Crippen molar-refractivity contribution in [2.75, 3.05) is 18.6 Å². The summed E-state index contributed by atoms with van der Waals surface area (Å²) in [4.78, 5) is 24.6. The first-order valence-corrected chi connectivity index (χ1v) is 5.68. The van der Waals surface area contributed by atoms with Crippen molar-refractivity contribution in [1.29, 1.82) is 0 Å². The largest absolute Gasteiger partial charge is 0.465 e. The average Bonchev–Trinajstić information content (AvgIpc) is 2.67. The van der Waals surface area contributed by atoms with Crippen LogP contribution in [0.5, 0.6) is 0 Å². The van der Waals surface area contributed by atoms with Crippen LogP contribution in [0.15, 0.2) is 24.3 Å². The van der Waals surface area contributed by atoms with Crippen LogP contribution in [0, 0.1) is 0 Å². The third kappa shape index (κ3) is 2.42. The lowest BCUT2D eigenvalue weighted by molar-refractivity contribution is -0.117. The van der Waals surface area contributed by atoms with Crippen molar-refractivity contribution in [3.8, 4) is 0 Å². The lowest BCUT2D eigenvalue weighted by atomic mass is 10.2. The summed E-state index contributed by atoms with van der Waals surface area (Å²) < 4.78 is 4.63. The van der Waals surface area contributed by atoms with Gasteiger partial charge in [-0.15, -0.1) is 11.6 Å². The van der Waals surface area contributed by atoms with E-state index in [1.165, 1.54) is 7.11 Å². The Hall–Kier alpha value is -1.55. The van der Waals surface area contributed by atoms with E-state index in [1.54, 1.807) is 29.2 Å². The molecule has 1 heterocycles. The van der Waals surface area contributed by atoms with Gasteiger partial charge < -0.3 is 9.64 Å². The minimum Gasteiger partial charge on any atom is -0.465 e. The summed E-state index contributed by atoms with van der Waals surface area (Å²) in [5.74, 6) is -0.437. The summed E-state index contributed by atoms with van der Waals surface area (Å²) in [5, 5.41) is -0.163. The molecule has 0 bridgehead atoms. The smallest absolute Gasteiger partial charge is 0.337 e. The van der Waals surface area contributed by atoms with Crippen molar-refractivity contribution in [2.45, 2.75) is 11.8 Å². The van der Waals surface area contributed by atoms with E-state index < -0.39 is 5.97 Å². The van der Waals surface area contributed by atoms with Gasteiger partial charge in [0.1, 0.15) is 0 Å². The Labute approximate surface area is 104 Å². The van der Waals surface area contributed by atoms with E-state index in [0.717, 1.165) is 0 Å². The van der Waals surface area contributed by atoms with Crippen LogP contribution in [0.25, 0.3) is 0 Å². The Kier molecular flexibility index (Phi) is 3.33. The van der Waals surface area contributed by atoms with E-state index in [-0.39, 0.29) is 11.3 Å². The van der Waals surface area contributed by atoms with E-state index in [2.05, 4.69) is 4.74 Å². The SMILES string of the molecule is COC(=O)c1cccc(N2CC(Cl)CC2=O)c1. The molecule has 0 aliphatic carbocycles. The van der Waals surface area contributed by atoms with Crippen LogP contribution in [-0.4, -0.2) is 30.9 Å². The van der Waals surface area contributed by atoms with Crippen LogP contribution < -0.4 is 4.90 Å². The number of nitrogens with zero attached hydrogens (tertiary/aromatic N) is 1. The molecule has 5 heteroatoms. The summed E-state index contributed by atoms with van der Waals surface area (Å²) in [6.45, 7) is 0.477. The second-order valence-electron chi connectivity index (χ2n) is 3.85. The number of methoxy groups -OCH3 is 1. The molecule has 1 aliphatic rings. The summed E-state index contributed by atoms with van der Waals surface area (Å²) in [6, 6.07) is 6.78. The van der Waals surface area contributed by atoms with Crippen LogP contribution in [0.1, 0.15) is 16.8 Å². The van der Waals surface area contributed by atoms with Gasteiger partial charge in [0.25, 0.3) is 0 Å². The topological polar surface area (TPSA) is 46.6 Å². The van der Waals surface area contributed by atoms with Crippen LogP contribution in [-0.2, 0) is 9.53 Å². The number of amides is 1. The zero-order valence-corrected chi connectivity index (χ0v) is 10.1. The Morgan fingerprint density at radius 1 is 1.53 bits per heavy atom. The van der Waals surface area contributed by atoms with E-state index in [0.29, 0.717) is 24.2 Å². The lowest BCUT2D eigenvalue weighted by Crippen LogP contribution is -2.24. The highest BCUT2D eigenvalue weighted by Crippen LogP contribution is 2.25. The minimum absolute atomic E-state index is 0.0213. The molecule has 0 aromatic heterocycles. The quantitative estimate of drug-likeness (QED) is 0.597. The molecule has 1 atom stereocenters. The number of alkyl halides is 1. The third-order valence-electron chi connectivity index (χ3n) is 2.66. The van der Waals surface area contributed by atoms with Crippen molar-refractivity contribution in [3.63, 3.8) is 0 Å². The van der Waals surface area contributed by atoms with Crippen molar-refractivity contribution in [2.24, 2.45) is 0 Å². The van der Waals surface area contributed by atoms with Gasteiger partial charge in [0.05, 0.1) is 18.1 Å². The van der Waals surface area contributed by atoms with E-state index in [9.17, 15) is 9.59 Å². The Morgan fingerprint density at radius 3 is 2.88 bits per heavy atom. The van der Waals surface area contributed by atoms with E-state index in [4.69, 9.17) is 11.6 Å². The fourth-order valence-corrected chi connectivity index (χ4v) is 2.10. The van der Waals surface area contributed by atoms with Gasteiger partial charge in [-0.1, -0.05) is 6.07 Å². The van der Waals surface area contributed by atoms with Crippen molar-refractivity contribution in [3.05, 3.63) is 29.8 Å². The lowest BCUT2D eigenvalue weighted by Gasteiger charge is -2.16. The molecule has 1 unspecified atom stereocenters. The first-order valence-electron chi connectivity index (χ1n) is 5.24. The molecule has 90 valence electrons. The summed E-state index contributed by atoms with van der Waals surface area (Å²) in [5.41, 5.74) is 1.11. The molecule has 1 aromatic rings. The number of ether oxygens (including phenoxy) is 1. The Balaban J connectivity index is 2.27. The van der Waals surface area contributed by atoms with Gasteiger partial charge in [-0.3, -0.25) is 4.79 Å². The minimum atomic E-state index is -0.416. The number of carbonyl (C=O) groups is 2. The molecule has 0 N–H and O–H groups in total. The maximum atomic E-state index is 11.7. The van der Waals surface area contributed by atoms with Crippen LogP contribution in [0.2, 0.25) is 0 Å². The molecule has 0 spiro atoms. The maximum absolute atomic E-state index is 11.7. The molecular formula is C12H12ClNO3. The Bertz CT molecular complexity index is 461. The van der Waals surface area contributed by atoms with Crippen molar-refractivity contribution >= 4 is 29.2 Å². The molecular weight excluding hydrogens is 242 g/mol. The zero-order valence-electron chi connectivity index (χ0n) is 9.35. The number of anilines is 1. The number of carbonyl (C=O) groups excluding carboxylic acids is 2. The molecule has 4 nitrogen and oxygen atoms in total. The van der Waals surface area contributed by atoms with E-state index >= 15 is 0 Å². The fourth-order valence-electron chi connectivity index (χ4n) is 1.83. The molecule has 1 saturated heterocycles. The van der Waals surface area contributed by atoms with Gasteiger partial charge in [-0.25, -0.2) is 4.79 Å². The second kappa shape index (κ2) is 4.75. The predicted molar refractivity (Wildman–Crippen MR) is 64.4 cm³/mol. The highest BCUT2D eigenvalue weighted by molar-refractivity contribution is 6.24. The number of halogens is 1. The number of esters is 1. The molecule has 1 aliphatic heterocycles. The van der Waals surface area contributed by atoms with Crippen molar-refractivity contribution in [1.82, 2.24) is 0 Å². The number of rotatable bonds is 2. The normalized spacial score (nSPS) is 19.5. The fraction of sp³-hybridized carbons (Fsp3) is 0.333. The summed E-state index contributed by atoms with van der Waals surface area (Å²) in [6.07, 6.45) is 0.337. The van der Waals surface area contributed by atoms with Gasteiger partial charge in [-0.2, -0.15) is 0 Å². The number of hydrogen-bond acceptors (Lipinski definition) is 3. The highest BCUT2D eigenvalue weighted by Gasteiger charge is 2.29. The zero-order chi connectivity index (χ0) is 12.4.